The van der Waals surface area contributed by atoms with Crippen LogP contribution in [0.1, 0.15) is 42.5 Å². The Bertz CT molecular complexity index is 399. The molecule has 0 spiro atoms. The maximum Gasteiger partial charge on any atom is 0.109 e. The summed E-state index contributed by atoms with van der Waals surface area (Å²) in [6.45, 7) is 4.21. The highest BCUT2D eigenvalue weighted by Crippen LogP contribution is 2.28. The van der Waals surface area contributed by atoms with Gasteiger partial charge in [-0.1, -0.05) is 0 Å². The number of hydrogen-bond acceptors (Lipinski definition) is 3. The van der Waals surface area contributed by atoms with E-state index >= 15 is 0 Å². The normalized spacial score (nSPS) is 29.4. The first-order valence-corrected chi connectivity index (χ1v) is 6.24. The molecule has 1 aromatic rings. The van der Waals surface area contributed by atoms with Crippen LogP contribution in [0.5, 0.6) is 0 Å². The maximum absolute atomic E-state index is 10.0. The van der Waals surface area contributed by atoms with E-state index < -0.39 is 0 Å². The van der Waals surface area contributed by atoms with Gasteiger partial charge in [0.15, 0.2) is 0 Å². The quantitative estimate of drug-likeness (QED) is 0.741. The van der Waals surface area contributed by atoms with Crippen molar-refractivity contribution in [2.24, 2.45) is 0 Å². The summed E-state index contributed by atoms with van der Waals surface area (Å²) in [5.41, 5.74) is 2.31. The monoisotopic (exact) mass is 221 g/mol. The number of fused-ring (bicyclic) bond motifs is 1. The number of aryl methyl sites for hydroxylation is 1. The first kappa shape index (κ1) is 10.3. The molecule has 16 heavy (non-hydrogen) atoms. The number of aliphatic hydroxyl groups is 1. The molecule has 1 fully saturated rings. The lowest BCUT2D eigenvalue weighted by Crippen LogP contribution is -2.38. The van der Waals surface area contributed by atoms with Crippen LogP contribution in [0.3, 0.4) is 0 Å². The molecule has 0 saturated carbocycles. The van der Waals surface area contributed by atoms with Gasteiger partial charge in [-0.3, -0.25) is 0 Å². The second-order valence-electron chi connectivity index (χ2n) is 4.90. The van der Waals surface area contributed by atoms with E-state index in [4.69, 9.17) is 4.98 Å². The lowest BCUT2D eigenvalue weighted by atomic mass is 9.98. The Morgan fingerprint density at radius 1 is 1.44 bits per heavy atom. The van der Waals surface area contributed by atoms with E-state index in [2.05, 4.69) is 16.8 Å². The number of rotatable bonds is 1. The third kappa shape index (κ3) is 1.48. The molecule has 1 saturated heterocycles. The predicted octanol–water partition coefficient (Wildman–Crippen LogP) is 0.923. The Labute approximate surface area is 95.7 Å². The summed E-state index contributed by atoms with van der Waals surface area (Å²) in [7, 11) is 0. The Hall–Kier alpha value is -0.870. The highest BCUT2D eigenvalue weighted by molar-refractivity contribution is 5.23. The lowest BCUT2D eigenvalue weighted by Gasteiger charge is -2.28. The molecule has 0 aromatic carbocycles. The van der Waals surface area contributed by atoms with E-state index in [9.17, 15) is 5.11 Å². The molecule has 2 atom stereocenters. The van der Waals surface area contributed by atoms with Gasteiger partial charge in [0.05, 0.1) is 17.8 Å². The van der Waals surface area contributed by atoms with Crippen LogP contribution in [-0.4, -0.2) is 27.3 Å². The molecule has 2 aliphatic rings. The van der Waals surface area contributed by atoms with Gasteiger partial charge in [0.2, 0.25) is 0 Å². The van der Waals surface area contributed by atoms with Crippen LogP contribution in [0.25, 0.3) is 0 Å². The summed E-state index contributed by atoms with van der Waals surface area (Å²) in [6, 6.07) is 0.0480. The van der Waals surface area contributed by atoms with Gasteiger partial charge >= 0.3 is 0 Å². The Balaban J connectivity index is 1.94. The summed E-state index contributed by atoms with van der Waals surface area (Å²) < 4.78 is 2.30. The van der Waals surface area contributed by atoms with Crippen LogP contribution < -0.4 is 5.32 Å². The van der Waals surface area contributed by atoms with E-state index in [1.165, 1.54) is 17.9 Å². The fourth-order valence-electron chi connectivity index (χ4n) is 2.94. The van der Waals surface area contributed by atoms with Crippen molar-refractivity contribution in [2.75, 3.05) is 6.54 Å². The zero-order chi connectivity index (χ0) is 11.1. The third-order valence-corrected chi connectivity index (χ3v) is 3.84. The fraction of sp³-hybridized carbons (Fsp3) is 0.750. The fourth-order valence-corrected chi connectivity index (χ4v) is 2.94. The molecule has 4 nitrogen and oxygen atoms in total. The molecule has 2 N–H and O–H groups in total. The summed E-state index contributed by atoms with van der Waals surface area (Å²) in [6.07, 6.45) is 3.97. The van der Waals surface area contributed by atoms with Crippen LogP contribution in [0.15, 0.2) is 0 Å². The van der Waals surface area contributed by atoms with Crippen LogP contribution in [0.4, 0.5) is 0 Å². The van der Waals surface area contributed by atoms with Gasteiger partial charge in [-0.15, -0.1) is 0 Å². The van der Waals surface area contributed by atoms with Gasteiger partial charge < -0.3 is 15.0 Å². The number of hydrogen-bond donors (Lipinski definition) is 2. The number of nitrogens with zero attached hydrogens (tertiary/aromatic N) is 2. The summed E-state index contributed by atoms with van der Waals surface area (Å²) >= 11 is 0. The van der Waals surface area contributed by atoms with E-state index in [0.29, 0.717) is 0 Å². The number of piperidine rings is 1. The number of nitrogens with one attached hydrogen (secondary N) is 1. The average Bonchev–Trinajstić information content (AvgIpc) is 2.83. The average molecular weight is 221 g/mol. The third-order valence-electron chi connectivity index (χ3n) is 3.84. The Kier molecular flexibility index (Phi) is 2.48. The van der Waals surface area contributed by atoms with Crippen molar-refractivity contribution in [1.29, 1.82) is 0 Å². The SMILES string of the molecule is Cc1c(C2NCCCC2O)nc2n1CCC2. The van der Waals surface area contributed by atoms with Crippen molar-refractivity contribution >= 4 is 0 Å². The molecule has 1 aromatic heterocycles. The van der Waals surface area contributed by atoms with Crippen molar-refractivity contribution in [3.05, 3.63) is 17.2 Å². The predicted molar refractivity (Wildman–Crippen MR) is 61.3 cm³/mol. The molecule has 2 aliphatic heterocycles. The van der Waals surface area contributed by atoms with Crippen molar-refractivity contribution in [2.45, 2.75) is 51.3 Å². The van der Waals surface area contributed by atoms with E-state index in [-0.39, 0.29) is 12.1 Å². The highest BCUT2D eigenvalue weighted by atomic mass is 16.3. The summed E-state index contributed by atoms with van der Waals surface area (Å²) in [5.74, 6) is 1.20. The van der Waals surface area contributed by atoms with Crippen LogP contribution in [0.2, 0.25) is 0 Å². The molecular formula is C12H19N3O. The second kappa shape index (κ2) is 3.86. The topological polar surface area (TPSA) is 50.1 Å². The smallest absolute Gasteiger partial charge is 0.109 e. The summed E-state index contributed by atoms with van der Waals surface area (Å²) in [5, 5.41) is 13.4. The standard InChI is InChI=1S/C12H19N3O/c1-8-11(12-9(16)4-2-6-13-12)14-10-5-3-7-15(8)10/h9,12-13,16H,2-7H2,1H3. The zero-order valence-corrected chi connectivity index (χ0v) is 9.74. The van der Waals surface area contributed by atoms with Gasteiger partial charge in [0.25, 0.3) is 0 Å². The maximum atomic E-state index is 10.0. The Morgan fingerprint density at radius 2 is 2.31 bits per heavy atom. The van der Waals surface area contributed by atoms with Crippen molar-refractivity contribution < 1.29 is 5.11 Å². The molecule has 3 heterocycles. The molecule has 4 heteroatoms. The van der Waals surface area contributed by atoms with Gasteiger partial charge in [-0.2, -0.15) is 0 Å². The molecule has 0 bridgehead atoms. The zero-order valence-electron chi connectivity index (χ0n) is 9.74. The molecular weight excluding hydrogens is 202 g/mol. The number of imidazole rings is 1. The second-order valence-corrected chi connectivity index (χ2v) is 4.90. The molecule has 0 amide bonds. The van der Waals surface area contributed by atoms with E-state index in [0.717, 1.165) is 38.0 Å². The molecule has 3 rings (SSSR count). The molecule has 88 valence electrons. The van der Waals surface area contributed by atoms with Crippen molar-refractivity contribution in [3.8, 4) is 0 Å². The van der Waals surface area contributed by atoms with Gasteiger partial charge in [-0.25, -0.2) is 4.98 Å². The van der Waals surface area contributed by atoms with Crippen LogP contribution in [0, 0.1) is 6.92 Å². The van der Waals surface area contributed by atoms with Crippen LogP contribution in [-0.2, 0) is 13.0 Å². The molecule has 2 unspecified atom stereocenters. The van der Waals surface area contributed by atoms with Gasteiger partial charge in [0, 0.05) is 18.7 Å². The lowest BCUT2D eigenvalue weighted by molar-refractivity contribution is 0.0945. The van der Waals surface area contributed by atoms with Gasteiger partial charge in [-0.05, 0) is 32.7 Å². The van der Waals surface area contributed by atoms with Crippen molar-refractivity contribution in [3.63, 3.8) is 0 Å². The first-order chi connectivity index (χ1) is 7.77. The molecule has 0 radical (unpaired) electrons. The van der Waals surface area contributed by atoms with Gasteiger partial charge in [0.1, 0.15) is 5.82 Å². The molecule has 0 aliphatic carbocycles. The highest BCUT2D eigenvalue weighted by Gasteiger charge is 2.30. The summed E-state index contributed by atoms with van der Waals surface area (Å²) in [4.78, 5) is 4.70. The largest absolute Gasteiger partial charge is 0.391 e. The minimum atomic E-state index is -0.275. The minimum Gasteiger partial charge on any atom is -0.391 e. The number of aromatic nitrogens is 2. The first-order valence-electron chi connectivity index (χ1n) is 6.24. The van der Waals surface area contributed by atoms with E-state index in [1.54, 1.807) is 0 Å². The minimum absolute atomic E-state index is 0.0480. The van der Waals surface area contributed by atoms with E-state index in [1.807, 2.05) is 0 Å². The van der Waals surface area contributed by atoms with Crippen LogP contribution >= 0.6 is 0 Å². The Morgan fingerprint density at radius 3 is 3.06 bits per heavy atom. The van der Waals surface area contributed by atoms with Crippen molar-refractivity contribution in [1.82, 2.24) is 14.9 Å². The number of aliphatic hydroxyl groups excluding tert-OH is 1.